The molecule has 550 valence electrons. The van der Waals surface area contributed by atoms with E-state index in [1.165, 1.54) is 43.4 Å². The zero-order valence-corrected chi connectivity index (χ0v) is 58.8. The van der Waals surface area contributed by atoms with Crippen molar-refractivity contribution in [1.82, 2.24) is 52.6 Å². The van der Waals surface area contributed by atoms with Crippen LogP contribution in [-0.2, 0) is 48.4 Å². The fourth-order valence-electron chi connectivity index (χ4n) is 15.0. The van der Waals surface area contributed by atoms with Crippen molar-refractivity contribution in [3.05, 3.63) is 141 Å². The molecule has 15 rings (SSSR count). The van der Waals surface area contributed by atoms with E-state index in [0.29, 0.717) is 18.4 Å². The SMILES string of the molecule is CNCCOc1ccc(S(=O)(=O)NC(=O)C[C@@H]2NC(=O)[C@H](NC(=O)[C@@H](CC(C)C)NC)[C@H](O)c3ccc(c(Cl)c3)Oc3cc4cc(c3O)Oc3ccc(cc3Cl)[C@@H](O)[C@@H]3NC(=O)[C@H](NC(=O)[C@@H]4NC2=O)c2ccc(O)c(c2)-c2c(O)cc(O)cc2[C@@H](C(=O)NC2C4CC5CC(C4)CC2C5)NC3=O)cc1. The number of sulfonamides is 1. The molecular formula is C72H78Cl2N10O19S. The van der Waals surface area contributed by atoms with Gasteiger partial charge in [-0.15, -0.1) is 0 Å². The van der Waals surface area contributed by atoms with Crippen LogP contribution < -0.4 is 66.8 Å². The molecule has 8 amide bonds. The van der Waals surface area contributed by atoms with Crippen molar-refractivity contribution in [1.29, 1.82) is 0 Å². The summed E-state index contributed by atoms with van der Waals surface area (Å²) in [7, 11) is -1.64. The van der Waals surface area contributed by atoms with Crippen molar-refractivity contribution in [2.45, 2.75) is 124 Å². The zero-order chi connectivity index (χ0) is 74.3. The molecule has 6 aromatic carbocycles. The lowest BCUT2D eigenvalue weighted by atomic mass is 9.54. The van der Waals surface area contributed by atoms with Crippen molar-refractivity contribution in [2.24, 2.45) is 29.6 Å². The van der Waals surface area contributed by atoms with E-state index in [2.05, 4.69) is 47.9 Å². The second kappa shape index (κ2) is 30.4. The number of likely N-dealkylation sites (N-methyl/N-ethyl adjacent to an activating group) is 2. The molecule has 0 unspecified atom stereocenters. The molecule has 4 aliphatic carbocycles. The number of rotatable bonds is 15. The standard InChI is InChI=1S/C72H78Cl2N10O19S/c1-31(2)17-47(76-4)66(92)82-61-63(89)35-6-13-51(45(73)24-35)102-53-26-39-27-54(65(53)91)103-52-14-7-36(25-46(52)74)64(90)62-72(98)81-60(70(96)78-57-37-19-32-18-33(21-37)22-38(57)20-32)44-28-40(85)29-50(87)56(44)43-23-34(5-12-49(43)86)58(68(94)83-62)80-69(95)59(39)79-67(93)48(77-71(61)97)30-55(88)84-104(99,100)42-10-8-41(9-11-42)101-16-15-75-3/h5-14,23-29,31-33,37-38,47-48,57-64,75-76,85-87,89-91H,15-22,30H2,1-4H3,(H,77,97)(H,78,96)(H,79,93)(H,80,95)(H,81,98)(H,82,92)(H,83,94)(H,84,88)/t32?,33?,37?,38?,47-,48+,57?,58-,59-,60+,61-,62+,63-,64-/m1/s1. The van der Waals surface area contributed by atoms with Gasteiger partial charge in [0.1, 0.15) is 89.6 Å². The highest BCUT2D eigenvalue weighted by Gasteiger charge is 2.50. The van der Waals surface area contributed by atoms with Gasteiger partial charge in [0, 0.05) is 29.8 Å². The maximum atomic E-state index is 16.0. The van der Waals surface area contributed by atoms with Crippen molar-refractivity contribution >= 4 is 80.5 Å². The largest absolute Gasteiger partial charge is 0.508 e. The predicted octanol–water partition coefficient (Wildman–Crippen LogP) is 4.87. The van der Waals surface area contributed by atoms with E-state index in [-0.39, 0.29) is 97.5 Å². The Labute approximate surface area is 606 Å². The van der Waals surface area contributed by atoms with Gasteiger partial charge in [0.25, 0.3) is 10.0 Å². The number of carbonyl (C=O) groups is 8. The molecule has 0 radical (unpaired) electrons. The first-order valence-electron chi connectivity index (χ1n) is 33.8. The van der Waals surface area contributed by atoms with Gasteiger partial charge < -0.3 is 92.7 Å². The molecule has 4 saturated carbocycles. The van der Waals surface area contributed by atoms with Crippen molar-refractivity contribution < 1.29 is 91.6 Å². The molecule has 6 aromatic rings. The van der Waals surface area contributed by atoms with Crippen LogP contribution in [0.25, 0.3) is 11.1 Å². The number of phenols is 4. The molecule has 9 atom stereocenters. The smallest absolute Gasteiger partial charge is 0.264 e. The van der Waals surface area contributed by atoms with Crippen LogP contribution in [-0.4, -0.2) is 144 Å². The number of aliphatic hydroxyl groups excluding tert-OH is 2. The Morgan fingerprint density at radius 2 is 1.22 bits per heavy atom. The third-order valence-corrected chi connectivity index (χ3v) is 21.8. The number of aromatic hydroxyl groups is 4. The van der Waals surface area contributed by atoms with E-state index in [4.69, 9.17) is 37.4 Å². The highest BCUT2D eigenvalue weighted by atomic mass is 35.5. The topological polar surface area (TPSA) is 440 Å². The van der Waals surface area contributed by atoms with Crippen LogP contribution in [0.1, 0.15) is 117 Å². The summed E-state index contributed by atoms with van der Waals surface area (Å²) in [4.78, 5) is 121. The number of ether oxygens (including phenoxy) is 3. The van der Waals surface area contributed by atoms with E-state index >= 15 is 28.8 Å². The molecule has 0 aromatic heterocycles. The number of halogens is 2. The molecule has 5 heterocycles. The summed E-state index contributed by atoms with van der Waals surface area (Å²) in [6, 6.07) is 5.40. The van der Waals surface area contributed by atoms with Gasteiger partial charge >= 0.3 is 0 Å². The Morgan fingerprint density at radius 1 is 0.625 bits per heavy atom. The average molecular weight is 1490 g/mol. The minimum Gasteiger partial charge on any atom is -0.508 e. The predicted molar refractivity (Wildman–Crippen MR) is 373 cm³/mol. The lowest BCUT2D eigenvalue weighted by Crippen LogP contribution is -2.59. The fraction of sp³-hybridized carbons (Fsp3) is 0.389. The summed E-state index contributed by atoms with van der Waals surface area (Å²) >= 11 is 13.9. The molecular weight excluding hydrogens is 1410 g/mol. The second-order valence-electron chi connectivity index (χ2n) is 27.5. The number of hydrogen-bond donors (Lipinski definition) is 16. The monoisotopic (exact) mass is 1490 g/mol. The van der Waals surface area contributed by atoms with Crippen molar-refractivity contribution in [3.63, 3.8) is 0 Å². The maximum Gasteiger partial charge on any atom is 0.264 e. The van der Waals surface area contributed by atoms with Crippen LogP contribution in [0.15, 0.2) is 108 Å². The zero-order valence-electron chi connectivity index (χ0n) is 56.5. The van der Waals surface area contributed by atoms with E-state index in [9.17, 15) is 48.6 Å². The minimum atomic E-state index is -4.82. The number of fused-ring (bicyclic) bond motifs is 15. The molecule has 4 fully saturated rings. The molecule has 0 saturated heterocycles. The highest BCUT2D eigenvalue weighted by Crippen LogP contribution is 2.54. The number of phenolic OH excluding ortho intramolecular Hbond substituents is 4. The Balaban J connectivity index is 1.00. The van der Waals surface area contributed by atoms with E-state index in [0.717, 1.165) is 98.8 Å². The number of nitrogens with one attached hydrogen (secondary N) is 10. The van der Waals surface area contributed by atoms with Crippen molar-refractivity contribution in [2.75, 3.05) is 27.2 Å². The van der Waals surface area contributed by atoms with Crippen LogP contribution in [0.5, 0.6) is 51.7 Å². The molecule has 29 nitrogen and oxygen atoms in total. The number of hydrogen-bond acceptors (Lipinski definition) is 21. The molecule has 104 heavy (non-hydrogen) atoms. The summed E-state index contributed by atoms with van der Waals surface area (Å²) < 4.78 is 48.0. The first-order valence-corrected chi connectivity index (χ1v) is 36.1. The van der Waals surface area contributed by atoms with Gasteiger partial charge in [-0.3, -0.25) is 38.4 Å². The second-order valence-corrected chi connectivity index (χ2v) is 30.0. The Bertz CT molecular complexity index is 4500. The first-order chi connectivity index (χ1) is 49.5. The van der Waals surface area contributed by atoms with Gasteiger partial charge in [-0.05, 0) is 189 Å². The Morgan fingerprint density at radius 3 is 1.83 bits per heavy atom. The lowest BCUT2D eigenvalue weighted by molar-refractivity contribution is -0.138. The summed E-state index contributed by atoms with van der Waals surface area (Å²) in [6.45, 7) is 4.31. The number of aliphatic hydroxyl groups is 2. The molecule has 0 spiro atoms. The van der Waals surface area contributed by atoms with E-state index < -0.39 is 163 Å². The first kappa shape index (κ1) is 73.8. The third kappa shape index (κ3) is 15.6. The van der Waals surface area contributed by atoms with Gasteiger partial charge in [0.05, 0.1) is 27.4 Å². The third-order valence-electron chi connectivity index (χ3n) is 19.9. The van der Waals surface area contributed by atoms with Crippen LogP contribution >= 0.6 is 23.2 Å². The van der Waals surface area contributed by atoms with Crippen molar-refractivity contribution in [3.8, 4) is 62.9 Å². The van der Waals surface area contributed by atoms with Gasteiger partial charge in [-0.25, -0.2) is 13.1 Å². The highest BCUT2D eigenvalue weighted by molar-refractivity contribution is 7.90. The van der Waals surface area contributed by atoms with E-state index in [1.54, 1.807) is 7.05 Å². The Kier molecular flexibility index (Phi) is 21.6. The number of amides is 8. The molecule has 9 aliphatic rings. The summed E-state index contributed by atoms with van der Waals surface area (Å²) in [5, 5.41) is 95.6. The summed E-state index contributed by atoms with van der Waals surface area (Å²) in [6.07, 6.45) is -0.714. The number of benzene rings is 6. The minimum absolute atomic E-state index is 0.0961. The Hall–Kier alpha value is -9.95. The molecule has 15 bridgehead atoms. The van der Waals surface area contributed by atoms with Gasteiger partial charge in [-0.1, -0.05) is 55.2 Å². The van der Waals surface area contributed by atoms with Gasteiger partial charge in [0.15, 0.2) is 11.5 Å². The van der Waals surface area contributed by atoms with Gasteiger partial charge in [-0.2, -0.15) is 0 Å². The molecule has 32 heteroatoms. The molecule has 16 N–H and O–H groups in total. The van der Waals surface area contributed by atoms with Crippen LogP contribution in [0.2, 0.25) is 10.0 Å². The average Bonchev–Trinajstić information content (AvgIpc) is 0.761. The van der Waals surface area contributed by atoms with Crippen LogP contribution in [0.3, 0.4) is 0 Å². The summed E-state index contributed by atoms with van der Waals surface area (Å²) in [5.41, 5.74) is -1.91. The van der Waals surface area contributed by atoms with Crippen LogP contribution in [0.4, 0.5) is 0 Å². The number of carbonyl (C=O) groups excluding carboxylic acids is 8. The lowest BCUT2D eigenvalue weighted by Gasteiger charge is -2.54. The van der Waals surface area contributed by atoms with Crippen LogP contribution in [0, 0.1) is 29.6 Å². The quantitative estimate of drug-likeness (QED) is 0.0610. The molecule has 5 aliphatic heterocycles. The van der Waals surface area contributed by atoms with E-state index in [1.807, 2.05) is 18.6 Å². The summed E-state index contributed by atoms with van der Waals surface area (Å²) in [5.74, 6) is -13.0. The fourth-order valence-corrected chi connectivity index (χ4v) is 16.4. The maximum absolute atomic E-state index is 16.0. The van der Waals surface area contributed by atoms with Gasteiger partial charge in [0.2, 0.25) is 53.0 Å². The normalized spacial score (nSPS) is 25.3.